The van der Waals surface area contributed by atoms with Gasteiger partial charge in [-0.2, -0.15) is 0 Å². The lowest BCUT2D eigenvalue weighted by Crippen LogP contribution is -2.55. The van der Waals surface area contributed by atoms with Crippen molar-refractivity contribution in [3.8, 4) is 0 Å². The average Bonchev–Trinajstić information content (AvgIpc) is 3.23. The fraction of sp³-hybridized carbons (Fsp3) is 0.905. The van der Waals surface area contributed by atoms with Crippen LogP contribution in [0.25, 0.3) is 0 Å². The third-order valence-corrected chi connectivity index (χ3v) is 11.2. The number of amides is 3. The predicted octanol–water partition coefficient (Wildman–Crippen LogP) is 0.470. The van der Waals surface area contributed by atoms with E-state index in [1.54, 1.807) is 13.8 Å². The number of Topliss-reactive ketones (excluding diaryl/α,β-unsaturated/α-hetero) is 1. The van der Waals surface area contributed by atoms with Crippen molar-refractivity contribution < 1.29 is 73.9 Å². The molecule has 0 bridgehead atoms. The fourth-order valence-electron chi connectivity index (χ4n) is 7.23. The lowest BCUT2D eigenvalue weighted by atomic mass is 9.92. The molecular formula is C42H77N3O15. The molecule has 18 heteroatoms. The molecule has 0 spiro atoms. The molecule has 2 fully saturated rings. The van der Waals surface area contributed by atoms with Crippen molar-refractivity contribution in [2.75, 3.05) is 46.1 Å². The number of nitrogens with one attached hydrogen (secondary N) is 3. The highest BCUT2D eigenvalue weighted by atomic mass is 16.7. The van der Waals surface area contributed by atoms with Gasteiger partial charge in [0.25, 0.3) is 0 Å². The number of carbonyl (C=O) groups is 4. The normalized spacial score (nSPS) is 27.3. The average molecular weight is 864 g/mol. The largest absolute Gasteiger partial charge is 0.396 e. The second-order valence-electron chi connectivity index (χ2n) is 16.3. The van der Waals surface area contributed by atoms with Crippen LogP contribution in [0.1, 0.15) is 129 Å². The standard InChI is InChI=1S/C42H77N3O15/c1-28-37(53)39(55)32(26-47)59-41(28)57-24-13-5-9-19-34(50)43-21-12-11-16-30(31(49)17-7-3-4-8-18-35(51)44-22-15-23-46)45-36(52)20-10-6-14-25-58-42-29(2)38(54)40(56)33(27-48)60-42/h28-30,32-33,37-42,46-48,53-56H,3-27H2,1-2H3,(H,43,50)(H,44,51)(H,45,52)/t28?,29?,30-,32?,33?,37?,38?,39?,40?,41?,42?/m0/s1. The van der Waals surface area contributed by atoms with Crippen LogP contribution in [0.15, 0.2) is 0 Å². The van der Waals surface area contributed by atoms with Crippen LogP contribution >= 0.6 is 0 Å². The van der Waals surface area contributed by atoms with Crippen LogP contribution in [0.2, 0.25) is 0 Å². The molecule has 0 saturated carbocycles. The summed E-state index contributed by atoms with van der Waals surface area (Å²) in [5.41, 5.74) is 0. The molecule has 2 aliphatic heterocycles. The van der Waals surface area contributed by atoms with Crippen molar-refractivity contribution in [1.29, 1.82) is 0 Å². The number of ether oxygens (including phenoxy) is 4. The monoisotopic (exact) mass is 864 g/mol. The molecule has 60 heavy (non-hydrogen) atoms. The summed E-state index contributed by atoms with van der Waals surface area (Å²) in [6, 6.07) is -0.646. The molecule has 11 atom stereocenters. The van der Waals surface area contributed by atoms with E-state index >= 15 is 0 Å². The van der Waals surface area contributed by atoms with E-state index in [-0.39, 0.29) is 36.5 Å². The molecular weight excluding hydrogens is 786 g/mol. The topological polar surface area (TPSA) is 283 Å². The maximum atomic E-state index is 13.3. The molecule has 0 aromatic carbocycles. The number of aliphatic hydroxyl groups is 7. The number of hydrogen-bond acceptors (Lipinski definition) is 15. The van der Waals surface area contributed by atoms with Crippen LogP contribution in [-0.4, -0.2) is 161 Å². The quantitative estimate of drug-likeness (QED) is 0.0402. The first-order chi connectivity index (χ1) is 28.8. The molecule has 350 valence electrons. The van der Waals surface area contributed by atoms with E-state index in [1.165, 1.54) is 0 Å². The molecule has 2 saturated heterocycles. The van der Waals surface area contributed by atoms with Crippen LogP contribution in [-0.2, 0) is 38.1 Å². The van der Waals surface area contributed by atoms with Gasteiger partial charge in [0.2, 0.25) is 17.7 Å². The van der Waals surface area contributed by atoms with Gasteiger partial charge in [-0.15, -0.1) is 0 Å². The molecule has 2 aliphatic rings. The van der Waals surface area contributed by atoms with Gasteiger partial charge in [-0.1, -0.05) is 39.5 Å². The first-order valence-electron chi connectivity index (χ1n) is 22.3. The Labute approximate surface area is 355 Å². The second-order valence-corrected chi connectivity index (χ2v) is 16.3. The predicted molar refractivity (Wildman–Crippen MR) is 219 cm³/mol. The van der Waals surface area contributed by atoms with Gasteiger partial charge in [0.05, 0.1) is 31.5 Å². The smallest absolute Gasteiger partial charge is 0.220 e. The summed E-state index contributed by atoms with van der Waals surface area (Å²) >= 11 is 0. The van der Waals surface area contributed by atoms with Crippen molar-refractivity contribution in [2.24, 2.45) is 11.8 Å². The summed E-state index contributed by atoms with van der Waals surface area (Å²) in [6.45, 7) is 4.09. The van der Waals surface area contributed by atoms with E-state index in [4.69, 9.17) is 24.1 Å². The number of carbonyl (C=O) groups excluding carboxylic acids is 4. The number of hydrogen-bond donors (Lipinski definition) is 10. The first-order valence-corrected chi connectivity index (χ1v) is 22.3. The van der Waals surface area contributed by atoms with E-state index in [1.807, 2.05) is 0 Å². The lowest BCUT2D eigenvalue weighted by molar-refractivity contribution is -0.282. The summed E-state index contributed by atoms with van der Waals surface area (Å²) in [7, 11) is 0. The number of ketones is 1. The summed E-state index contributed by atoms with van der Waals surface area (Å²) < 4.78 is 22.6. The van der Waals surface area contributed by atoms with Crippen LogP contribution in [0, 0.1) is 11.8 Å². The number of aliphatic hydroxyl groups excluding tert-OH is 7. The van der Waals surface area contributed by atoms with Crippen molar-refractivity contribution in [3.05, 3.63) is 0 Å². The third-order valence-electron chi connectivity index (χ3n) is 11.2. The molecule has 0 aromatic heterocycles. The summed E-state index contributed by atoms with van der Waals surface area (Å²) in [6.07, 6.45) is 2.42. The minimum Gasteiger partial charge on any atom is -0.396 e. The minimum absolute atomic E-state index is 0.0267. The fourth-order valence-corrected chi connectivity index (χ4v) is 7.23. The summed E-state index contributed by atoms with van der Waals surface area (Å²) in [5.74, 6) is -1.35. The Morgan fingerprint density at radius 2 is 0.967 bits per heavy atom. The Morgan fingerprint density at radius 3 is 1.43 bits per heavy atom. The van der Waals surface area contributed by atoms with Gasteiger partial charge in [-0.05, 0) is 64.2 Å². The molecule has 10 unspecified atom stereocenters. The Bertz CT molecular complexity index is 1200. The highest BCUT2D eigenvalue weighted by Crippen LogP contribution is 2.28. The molecule has 2 heterocycles. The molecule has 0 aromatic rings. The maximum Gasteiger partial charge on any atom is 0.220 e. The zero-order valence-electron chi connectivity index (χ0n) is 35.9. The van der Waals surface area contributed by atoms with Crippen molar-refractivity contribution >= 4 is 23.5 Å². The molecule has 0 radical (unpaired) electrons. The van der Waals surface area contributed by atoms with Gasteiger partial charge in [0, 0.05) is 70.4 Å². The second kappa shape index (κ2) is 31.5. The van der Waals surface area contributed by atoms with Gasteiger partial charge < -0.3 is 70.6 Å². The molecule has 0 aliphatic carbocycles. The van der Waals surface area contributed by atoms with Gasteiger partial charge in [0.1, 0.15) is 24.4 Å². The molecule has 10 N–H and O–H groups in total. The molecule has 3 amide bonds. The van der Waals surface area contributed by atoms with Crippen molar-refractivity contribution in [3.63, 3.8) is 0 Å². The summed E-state index contributed by atoms with van der Waals surface area (Å²) in [4.78, 5) is 50.5. The highest BCUT2D eigenvalue weighted by Gasteiger charge is 2.43. The highest BCUT2D eigenvalue weighted by molar-refractivity contribution is 5.89. The van der Waals surface area contributed by atoms with E-state index in [0.29, 0.717) is 116 Å². The van der Waals surface area contributed by atoms with Gasteiger partial charge in [-0.3, -0.25) is 19.2 Å². The maximum absolute atomic E-state index is 13.3. The Balaban J connectivity index is 1.69. The van der Waals surface area contributed by atoms with Crippen molar-refractivity contribution in [1.82, 2.24) is 16.0 Å². The zero-order chi connectivity index (χ0) is 44.3. The SMILES string of the molecule is CC1C(OCCCCCC(=O)NCCCC[C@H](NC(=O)CCCCCOC2OC(CO)C(O)C(O)C2C)C(=O)CCCCCCC(=O)NCCCO)OC(CO)C(O)C1O. The van der Waals surface area contributed by atoms with Gasteiger partial charge in [-0.25, -0.2) is 0 Å². The number of unbranched alkanes of at least 4 members (excludes halogenated alkanes) is 8. The van der Waals surface area contributed by atoms with E-state index < -0.39 is 80.3 Å². The van der Waals surface area contributed by atoms with Crippen LogP contribution in [0.3, 0.4) is 0 Å². The van der Waals surface area contributed by atoms with E-state index in [2.05, 4.69) is 16.0 Å². The first kappa shape index (κ1) is 53.8. The Hall–Kier alpha value is -2.36. The van der Waals surface area contributed by atoms with Crippen molar-refractivity contribution in [2.45, 2.75) is 185 Å². The van der Waals surface area contributed by atoms with Gasteiger partial charge >= 0.3 is 0 Å². The van der Waals surface area contributed by atoms with E-state index in [0.717, 1.165) is 19.3 Å². The Kier molecular flexibility index (Phi) is 28.2. The van der Waals surface area contributed by atoms with Crippen LogP contribution in [0.5, 0.6) is 0 Å². The molecule has 18 nitrogen and oxygen atoms in total. The number of rotatable bonds is 33. The van der Waals surface area contributed by atoms with Gasteiger partial charge in [0.15, 0.2) is 18.4 Å². The van der Waals surface area contributed by atoms with E-state index in [9.17, 15) is 49.8 Å². The lowest BCUT2D eigenvalue weighted by Gasteiger charge is -2.40. The third kappa shape index (κ3) is 20.7. The molecule has 2 rings (SSSR count). The minimum atomic E-state index is -1.20. The Morgan fingerprint density at radius 1 is 0.533 bits per heavy atom. The summed E-state index contributed by atoms with van der Waals surface area (Å²) in [5, 5.41) is 76.7. The van der Waals surface area contributed by atoms with Crippen LogP contribution in [0.4, 0.5) is 0 Å². The zero-order valence-corrected chi connectivity index (χ0v) is 35.9. The van der Waals surface area contributed by atoms with Crippen LogP contribution < -0.4 is 16.0 Å².